The van der Waals surface area contributed by atoms with Crippen molar-refractivity contribution < 1.29 is 24.3 Å². The fraction of sp³-hybridized carbons (Fsp3) is 0.357. The number of rotatable bonds is 8. The first kappa shape index (κ1) is 16.6. The number of aliphatic carboxylic acids is 1. The molecule has 1 rings (SSSR count). The molecule has 0 radical (unpaired) electrons. The highest BCUT2D eigenvalue weighted by Crippen LogP contribution is 2.28. The summed E-state index contributed by atoms with van der Waals surface area (Å²) in [5, 5.41) is 19.5. The van der Waals surface area contributed by atoms with Gasteiger partial charge in [-0.05, 0) is 37.6 Å². The average Bonchev–Trinajstić information content (AvgIpc) is 2.41. The van der Waals surface area contributed by atoms with Crippen LogP contribution >= 0.6 is 0 Å². The van der Waals surface area contributed by atoms with Gasteiger partial charge in [-0.15, -0.1) is 0 Å². The van der Waals surface area contributed by atoms with Gasteiger partial charge in [-0.2, -0.15) is 0 Å². The number of hydrogen-bond acceptors (Lipinski definition) is 5. The lowest BCUT2D eigenvalue weighted by atomic mass is 10.2. The second kappa shape index (κ2) is 8.01. The van der Waals surface area contributed by atoms with Crippen LogP contribution in [0.5, 0.6) is 5.75 Å². The minimum Gasteiger partial charge on any atom is -0.484 e. The standard InChI is InChI=1S/C14H17NO6/c1-10(2)20-7-8-21-13-9-11(4-6-14(16)17)3-5-12(13)15(18)19/h3-6,9-10H,7-8H2,1-2H3,(H,16,17). The van der Waals surface area contributed by atoms with Crippen LogP contribution in [-0.2, 0) is 9.53 Å². The first-order chi connectivity index (χ1) is 9.90. The molecule has 0 amide bonds. The van der Waals surface area contributed by atoms with E-state index in [1.807, 2.05) is 13.8 Å². The van der Waals surface area contributed by atoms with Crippen LogP contribution in [0.2, 0.25) is 0 Å². The fourth-order valence-electron chi connectivity index (χ4n) is 1.50. The second-order valence-corrected chi connectivity index (χ2v) is 4.42. The van der Waals surface area contributed by atoms with Crippen molar-refractivity contribution in [3.8, 4) is 5.75 Å². The van der Waals surface area contributed by atoms with E-state index in [2.05, 4.69) is 0 Å². The molecular formula is C14H17NO6. The van der Waals surface area contributed by atoms with Crippen molar-refractivity contribution in [1.29, 1.82) is 0 Å². The molecular weight excluding hydrogens is 278 g/mol. The smallest absolute Gasteiger partial charge is 0.328 e. The van der Waals surface area contributed by atoms with Gasteiger partial charge in [0.25, 0.3) is 0 Å². The zero-order valence-corrected chi connectivity index (χ0v) is 11.8. The van der Waals surface area contributed by atoms with Crippen molar-refractivity contribution in [2.45, 2.75) is 20.0 Å². The highest BCUT2D eigenvalue weighted by Gasteiger charge is 2.15. The summed E-state index contributed by atoms with van der Waals surface area (Å²) in [6.45, 7) is 4.23. The summed E-state index contributed by atoms with van der Waals surface area (Å²) in [4.78, 5) is 20.8. The first-order valence-electron chi connectivity index (χ1n) is 6.34. The number of ether oxygens (including phenoxy) is 2. The van der Waals surface area contributed by atoms with Crippen LogP contribution in [0.15, 0.2) is 24.3 Å². The average molecular weight is 295 g/mol. The minimum absolute atomic E-state index is 0.0495. The van der Waals surface area contributed by atoms with Crippen molar-refractivity contribution in [1.82, 2.24) is 0 Å². The first-order valence-corrected chi connectivity index (χ1v) is 6.34. The lowest BCUT2D eigenvalue weighted by Gasteiger charge is -2.10. The Hall–Kier alpha value is -2.41. The Labute approximate surface area is 121 Å². The van der Waals surface area contributed by atoms with Gasteiger partial charge in [0.2, 0.25) is 0 Å². The molecule has 21 heavy (non-hydrogen) atoms. The van der Waals surface area contributed by atoms with Gasteiger partial charge in [0.05, 0.1) is 17.6 Å². The van der Waals surface area contributed by atoms with Crippen molar-refractivity contribution in [3.63, 3.8) is 0 Å². The third kappa shape index (κ3) is 6.05. The number of nitrogens with zero attached hydrogens (tertiary/aromatic N) is 1. The molecule has 0 atom stereocenters. The maximum absolute atomic E-state index is 10.9. The molecule has 0 spiro atoms. The third-order valence-electron chi connectivity index (χ3n) is 2.39. The Morgan fingerprint density at radius 3 is 2.71 bits per heavy atom. The van der Waals surface area contributed by atoms with E-state index in [-0.39, 0.29) is 24.1 Å². The third-order valence-corrected chi connectivity index (χ3v) is 2.39. The summed E-state index contributed by atoms with van der Waals surface area (Å²) in [7, 11) is 0. The zero-order chi connectivity index (χ0) is 15.8. The number of benzene rings is 1. The van der Waals surface area contributed by atoms with Crippen LogP contribution in [0.3, 0.4) is 0 Å². The summed E-state index contributed by atoms with van der Waals surface area (Å²) in [5.74, 6) is -1.01. The lowest BCUT2D eigenvalue weighted by Crippen LogP contribution is -2.11. The monoisotopic (exact) mass is 295 g/mol. The molecule has 0 saturated carbocycles. The predicted octanol–water partition coefficient (Wildman–Crippen LogP) is 2.50. The highest BCUT2D eigenvalue weighted by molar-refractivity contribution is 5.85. The van der Waals surface area contributed by atoms with Crippen LogP contribution in [-0.4, -0.2) is 35.3 Å². The van der Waals surface area contributed by atoms with Gasteiger partial charge < -0.3 is 14.6 Å². The number of nitro benzene ring substituents is 1. The number of hydrogen-bond donors (Lipinski definition) is 1. The summed E-state index contributed by atoms with van der Waals surface area (Å²) >= 11 is 0. The Morgan fingerprint density at radius 2 is 2.14 bits per heavy atom. The Kier molecular flexibility index (Phi) is 6.35. The normalized spacial score (nSPS) is 11.0. The van der Waals surface area contributed by atoms with Crippen LogP contribution in [0, 0.1) is 10.1 Å². The maximum Gasteiger partial charge on any atom is 0.328 e. The van der Waals surface area contributed by atoms with E-state index in [9.17, 15) is 14.9 Å². The van der Waals surface area contributed by atoms with Crippen LogP contribution in [0.1, 0.15) is 19.4 Å². The fourth-order valence-corrected chi connectivity index (χ4v) is 1.50. The van der Waals surface area contributed by atoms with E-state index in [0.29, 0.717) is 12.2 Å². The number of carboxylic acids is 1. The molecule has 0 heterocycles. The van der Waals surface area contributed by atoms with E-state index >= 15 is 0 Å². The molecule has 1 aromatic carbocycles. The summed E-state index contributed by atoms with van der Waals surface area (Å²) in [6, 6.07) is 4.15. The van der Waals surface area contributed by atoms with Crippen LogP contribution in [0.4, 0.5) is 5.69 Å². The molecule has 1 N–H and O–H groups in total. The number of carboxylic acid groups (broad SMARTS) is 1. The SMILES string of the molecule is CC(C)OCCOc1cc(C=CC(=O)O)ccc1[N+](=O)[O-]. The molecule has 0 aromatic heterocycles. The van der Waals surface area contributed by atoms with Gasteiger partial charge in [0.15, 0.2) is 5.75 Å². The minimum atomic E-state index is -1.10. The van der Waals surface area contributed by atoms with Gasteiger partial charge in [0, 0.05) is 12.1 Å². The molecule has 0 unspecified atom stereocenters. The lowest BCUT2D eigenvalue weighted by molar-refractivity contribution is -0.385. The molecule has 0 aliphatic carbocycles. The molecule has 0 aliphatic rings. The summed E-state index contributed by atoms with van der Waals surface area (Å²) in [6.07, 6.45) is 2.34. The summed E-state index contributed by atoms with van der Waals surface area (Å²) in [5.41, 5.74) is 0.329. The molecule has 0 fully saturated rings. The largest absolute Gasteiger partial charge is 0.484 e. The van der Waals surface area contributed by atoms with E-state index in [1.54, 1.807) is 0 Å². The highest BCUT2D eigenvalue weighted by atomic mass is 16.6. The maximum atomic E-state index is 10.9. The van der Waals surface area contributed by atoms with Gasteiger partial charge >= 0.3 is 11.7 Å². The number of nitro groups is 1. The van der Waals surface area contributed by atoms with Crippen molar-refractivity contribution in [2.75, 3.05) is 13.2 Å². The molecule has 1 aromatic rings. The zero-order valence-electron chi connectivity index (χ0n) is 11.8. The molecule has 114 valence electrons. The number of carbonyl (C=O) groups is 1. The van der Waals surface area contributed by atoms with Crippen molar-refractivity contribution in [3.05, 3.63) is 40.0 Å². The molecule has 0 aliphatic heterocycles. The van der Waals surface area contributed by atoms with Gasteiger partial charge in [-0.1, -0.05) is 0 Å². The van der Waals surface area contributed by atoms with Gasteiger partial charge in [-0.3, -0.25) is 10.1 Å². The topological polar surface area (TPSA) is 98.9 Å². The van der Waals surface area contributed by atoms with E-state index < -0.39 is 10.9 Å². The Balaban J connectivity index is 2.83. The Bertz CT molecular complexity index is 538. The van der Waals surface area contributed by atoms with Gasteiger partial charge in [-0.25, -0.2) is 4.79 Å². The van der Waals surface area contributed by atoms with E-state index in [1.165, 1.54) is 24.3 Å². The molecule has 0 bridgehead atoms. The predicted molar refractivity (Wildman–Crippen MR) is 76.3 cm³/mol. The summed E-state index contributed by atoms with van der Waals surface area (Å²) < 4.78 is 10.6. The van der Waals surface area contributed by atoms with E-state index in [4.69, 9.17) is 14.6 Å². The van der Waals surface area contributed by atoms with Crippen LogP contribution in [0.25, 0.3) is 6.08 Å². The Morgan fingerprint density at radius 1 is 1.43 bits per heavy atom. The molecule has 0 saturated heterocycles. The second-order valence-electron chi connectivity index (χ2n) is 4.42. The molecule has 7 heteroatoms. The van der Waals surface area contributed by atoms with Crippen LogP contribution < -0.4 is 4.74 Å². The molecule has 7 nitrogen and oxygen atoms in total. The van der Waals surface area contributed by atoms with E-state index in [0.717, 1.165) is 6.08 Å². The van der Waals surface area contributed by atoms with Crippen molar-refractivity contribution in [2.24, 2.45) is 0 Å². The quantitative estimate of drug-likeness (QED) is 0.342. The van der Waals surface area contributed by atoms with Crippen molar-refractivity contribution >= 4 is 17.7 Å². The van der Waals surface area contributed by atoms with Gasteiger partial charge in [0.1, 0.15) is 6.61 Å².